The number of fused-ring (bicyclic) bond motifs is 1. The zero-order valence-electron chi connectivity index (χ0n) is 16.3. The highest BCUT2D eigenvalue weighted by Gasteiger charge is 2.22. The Kier molecular flexibility index (Phi) is 7.10. The monoisotopic (exact) mass is 373 g/mol. The predicted octanol–water partition coefficient (Wildman–Crippen LogP) is 1.61. The van der Waals surface area contributed by atoms with Crippen LogP contribution in [-0.4, -0.2) is 67.5 Å². The van der Waals surface area contributed by atoms with Crippen LogP contribution in [0.1, 0.15) is 37.3 Å². The number of ether oxygens (including phenoxy) is 1. The third-order valence-electron chi connectivity index (χ3n) is 5.38. The highest BCUT2D eigenvalue weighted by Crippen LogP contribution is 2.26. The van der Waals surface area contributed by atoms with Gasteiger partial charge in [-0.1, -0.05) is 19.4 Å². The second kappa shape index (κ2) is 9.74. The van der Waals surface area contributed by atoms with Gasteiger partial charge in [-0.15, -0.1) is 0 Å². The number of carbonyl (C=O) groups excluding carboxylic acids is 2. The van der Waals surface area contributed by atoms with Crippen molar-refractivity contribution in [1.29, 1.82) is 0 Å². The first-order chi connectivity index (χ1) is 13.2. The van der Waals surface area contributed by atoms with Crippen LogP contribution in [0.3, 0.4) is 0 Å². The molecule has 1 aliphatic heterocycles. The van der Waals surface area contributed by atoms with Gasteiger partial charge in [0.2, 0.25) is 5.91 Å². The summed E-state index contributed by atoms with van der Waals surface area (Å²) >= 11 is 0. The van der Waals surface area contributed by atoms with Gasteiger partial charge in [-0.3, -0.25) is 14.5 Å². The zero-order valence-corrected chi connectivity index (χ0v) is 16.3. The minimum absolute atomic E-state index is 0.0162. The zero-order chi connectivity index (χ0) is 19.1. The molecular weight excluding hydrogens is 342 g/mol. The van der Waals surface area contributed by atoms with E-state index in [-0.39, 0.29) is 18.4 Å². The third-order valence-corrected chi connectivity index (χ3v) is 5.38. The van der Waals surface area contributed by atoms with Crippen molar-refractivity contribution in [2.45, 2.75) is 39.0 Å². The summed E-state index contributed by atoms with van der Waals surface area (Å²) in [4.78, 5) is 28.2. The highest BCUT2D eigenvalue weighted by atomic mass is 16.5. The summed E-state index contributed by atoms with van der Waals surface area (Å²) in [6.45, 7) is 6.10. The summed E-state index contributed by atoms with van der Waals surface area (Å²) in [6, 6.07) is 6.16. The minimum Gasteiger partial charge on any atom is -0.484 e. The van der Waals surface area contributed by atoms with Crippen molar-refractivity contribution in [2.75, 3.05) is 45.9 Å². The topological polar surface area (TPSA) is 61.9 Å². The van der Waals surface area contributed by atoms with Crippen molar-refractivity contribution in [1.82, 2.24) is 15.1 Å². The molecule has 1 aromatic carbocycles. The van der Waals surface area contributed by atoms with Crippen molar-refractivity contribution in [2.24, 2.45) is 0 Å². The predicted molar refractivity (Wildman–Crippen MR) is 105 cm³/mol. The molecule has 0 radical (unpaired) electrons. The maximum absolute atomic E-state index is 12.4. The first-order valence-electron chi connectivity index (χ1n) is 10.2. The van der Waals surface area contributed by atoms with E-state index in [1.165, 1.54) is 17.5 Å². The van der Waals surface area contributed by atoms with Crippen molar-refractivity contribution in [3.05, 3.63) is 29.3 Å². The number of carbonyl (C=O) groups is 2. The van der Waals surface area contributed by atoms with Crippen molar-refractivity contribution in [3.8, 4) is 5.75 Å². The first-order valence-corrected chi connectivity index (χ1v) is 10.2. The van der Waals surface area contributed by atoms with Crippen molar-refractivity contribution >= 4 is 11.8 Å². The quantitative estimate of drug-likeness (QED) is 0.704. The van der Waals surface area contributed by atoms with Gasteiger partial charge in [-0.05, 0) is 48.9 Å². The summed E-state index contributed by atoms with van der Waals surface area (Å²) in [5.41, 5.74) is 2.76. The van der Waals surface area contributed by atoms with Crippen LogP contribution < -0.4 is 10.1 Å². The van der Waals surface area contributed by atoms with E-state index in [0.29, 0.717) is 19.6 Å². The lowest BCUT2D eigenvalue weighted by atomic mass is 10.1. The van der Waals surface area contributed by atoms with E-state index in [9.17, 15) is 9.59 Å². The van der Waals surface area contributed by atoms with Gasteiger partial charge in [0.1, 0.15) is 5.75 Å². The lowest BCUT2D eigenvalue weighted by Gasteiger charge is -2.34. The summed E-state index contributed by atoms with van der Waals surface area (Å²) in [7, 11) is 0. The van der Waals surface area contributed by atoms with E-state index < -0.39 is 0 Å². The van der Waals surface area contributed by atoms with Crippen molar-refractivity contribution in [3.63, 3.8) is 0 Å². The third kappa shape index (κ3) is 5.70. The fourth-order valence-corrected chi connectivity index (χ4v) is 3.69. The Morgan fingerprint density at radius 3 is 2.67 bits per heavy atom. The number of hydrogen-bond donors (Lipinski definition) is 1. The summed E-state index contributed by atoms with van der Waals surface area (Å²) in [5.74, 6) is 0.872. The molecule has 1 fully saturated rings. The first kappa shape index (κ1) is 19.7. The van der Waals surface area contributed by atoms with E-state index in [4.69, 9.17) is 4.74 Å². The average molecular weight is 373 g/mol. The molecule has 2 amide bonds. The summed E-state index contributed by atoms with van der Waals surface area (Å²) < 4.78 is 5.72. The molecule has 2 aliphatic rings. The molecule has 6 heteroatoms. The molecule has 0 bridgehead atoms. The molecule has 1 saturated heterocycles. The second-order valence-electron chi connectivity index (χ2n) is 7.43. The number of nitrogens with zero attached hydrogens (tertiary/aromatic N) is 2. The molecule has 0 atom stereocenters. The fraction of sp³-hybridized carbons (Fsp3) is 0.619. The number of aryl methyl sites for hydroxylation is 2. The Bertz CT molecular complexity index is 654. The molecule has 1 heterocycles. The van der Waals surface area contributed by atoms with Gasteiger partial charge < -0.3 is 15.0 Å². The van der Waals surface area contributed by atoms with Gasteiger partial charge in [-0.25, -0.2) is 0 Å². The van der Waals surface area contributed by atoms with Gasteiger partial charge in [0.25, 0.3) is 5.91 Å². The van der Waals surface area contributed by atoms with Gasteiger partial charge in [-0.2, -0.15) is 0 Å². The SMILES string of the molecule is CCCCNC(=O)CN1CCN(C(=O)COc2ccc3c(c2)CCC3)CC1. The van der Waals surface area contributed by atoms with E-state index in [0.717, 1.165) is 51.1 Å². The van der Waals surface area contributed by atoms with Gasteiger partial charge >= 0.3 is 0 Å². The van der Waals surface area contributed by atoms with Gasteiger partial charge in [0, 0.05) is 32.7 Å². The lowest BCUT2D eigenvalue weighted by molar-refractivity contribution is -0.135. The molecule has 0 spiro atoms. The number of piperazine rings is 1. The normalized spacial score (nSPS) is 16.9. The minimum atomic E-state index is 0.0162. The number of benzene rings is 1. The van der Waals surface area contributed by atoms with E-state index in [2.05, 4.69) is 29.3 Å². The second-order valence-corrected chi connectivity index (χ2v) is 7.43. The molecule has 0 saturated carbocycles. The molecule has 148 valence electrons. The smallest absolute Gasteiger partial charge is 0.260 e. The van der Waals surface area contributed by atoms with Gasteiger partial charge in [0.05, 0.1) is 6.54 Å². The molecule has 0 aromatic heterocycles. The molecular formula is C21H31N3O3. The van der Waals surface area contributed by atoms with Crippen LogP contribution in [0.15, 0.2) is 18.2 Å². The maximum atomic E-state index is 12.4. The van der Waals surface area contributed by atoms with Crippen LogP contribution in [0.2, 0.25) is 0 Å². The Morgan fingerprint density at radius 2 is 1.89 bits per heavy atom. The number of nitrogens with one attached hydrogen (secondary N) is 1. The van der Waals surface area contributed by atoms with Crippen molar-refractivity contribution < 1.29 is 14.3 Å². The molecule has 27 heavy (non-hydrogen) atoms. The van der Waals surface area contributed by atoms with Crippen LogP contribution >= 0.6 is 0 Å². The molecule has 3 rings (SSSR count). The highest BCUT2D eigenvalue weighted by molar-refractivity contribution is 5.79. The van der Waals surface area contributed by atoms with Gasteiger partial charge in [0.15, 0.2) is 6.61 Å². The number of hydrogen-bond acceptors (Lipinski definition) is 4. The van der Waals surface area contributed by atoms with E-state index in [1.807, 2.05) is 11.0 Å². The Morgan fingerprint density at radius 1 is 1.11 bits per heavy atom. The molecule has 1 aromatic rings. The fourth-order valence-electron chi connectivity index (χ4n) is 3.69. The standard InChI is InChI=1S/C21H31N3O3/c1-2-3-9-22-20(25)15-23-10-12-24(13-11-23)21(26)16-27-19-8-7-17-5-4-6-18(17)14-19/h7-8,14H,2-6,9-13,15-16H2,1H3,(H,22,25). The largest absolute Gasteiger partial charge is 0.484 e. The Hall–Kier alpha value is -2.08. The van der Waals surface area contributed by atoms with Crippen LogP contribution in [-0.2, 0) is 22.4 Å². The molecule has 1 N–H and O–H groups in total. The molecule has 6 nitrogen and oxygen atoms in total. The Balaban J connectivity index is 1.36. The van der Waals surface area contributed by atoms with Crippen LogP contribution in [0, 0.1) is 0 Å². The number of rotatable bonds is 8. The summed E-state index contributed by atoms with van der Waals surface area (Å²) in [5, 5.41) is 2.94. The lowest BCUT2D eigenvalue weighted by Crippen LogP contribution is -2.52. The number of unbranched alkanes of at least 4 members (excludes halogenated alkanes) is 1. The molecule has 0 unspecified atom stereocenters. The van der Waals surface area contributed by atoms with Crippen LogP contribution in [0.25, 0.3) is 0 Å². The average Bonchev–Trinajstić information content (AvgIpc) is 3.15. The molecule has 1 aliphatic carbocycles. The van der Waals surface area contributed by atoms with E-state index >= 15 is 0 Å². The van der Waals surface area contributed by atoms with Crippen LogP contribution in [0.5, 0.6) is 5.75 Å². The number of amides is 2. The maximum Gasteiger partial charge on any atom is 0.260 e. The Labute approximate surface area is 161 Å². The summed E-state index contributed by atoms with van der Waals surface area (Å²) in [6.07, 6.45) is 5.55. The van der Waals surface area contributed by atoms with E-state index in [1.54, 1.807) is 0 Å². The van der Waals surface area contributed by atoms with Crippen LogP contribution in [0.4, 0.5) is 0 Å².